The molecule has 3 atom stereocenters. The normalized spacial score (nSPS) is 19.0. The third kappa shape index (κ3) is 5.41. The van der Waals surface area contributed by atoms with Crippen LogP contribution in [0.15, 0.2) is 42.0 Å². The SMILES string of the molecule is CC1CCCN1c1cccc2ccc(/C(=C(\C#N)C(=O)CCC(O)C(O)CO)C(F)(F)F)cc12. The molecule has 0 saturated carbocycles. The number of nitrogens with zero attached hydrogens (tertiary/aromatic N) is 2. The second-order valence-corrected chi connectivity index (χ2v) is 8.54. The molecule has 3 N–H and O–H groups in total. The van der Waals surface area contributed by atoms with Gasteiger partial charge in [0.2, 0.25) is 0 Å². The van der Waals surface area contributed by atoms with Crippen LogP contribution in [-0.2, 0) is 4.79 Å². The highest BCUT2D eigenvalue weighted by Crippen LogP contribution is 2.40. The van der Waals surface area contributed by atoms with Crippen molar-refractivity contribution in [3.8, 4) is 6.07 Å². The number of alkyl halides is 3. The summed E-state index contributed by atoms with van der Waals surface area (Å²) in [6.45, 7) is 2.08. The summed E-state index contributed by atoms with van der Waals surface area (Å²) in [6, 6.07) is 11.3. The van der Waals surface area contributed by atoms with E-state index in [0.717, 1.165) is 30.5 Å². The number of aliphatic hydroxyl groups excluding tert-OH is 3. The van der Waals surface area contributed by atoms with Gasteiger partial charge in [0.15, 0.2) is 5.78 Å². The summed E-state index contributed by atoms with van der Waals surface area (Å²) in [5, 5.41) is 38.8. The van der Waals surface area contributed by atoms with Crippen molar-refractivity contribution in [1.82, 2.24) is 0 Å². The van der Waals surface area contributed by atoms with Crippen LogP contribution in [0.5, 0.6) is 0 Å². The Labute approximate surface area is 195 Å². The highest BCUT2D eigenvalue weighted by Gasteiger charge is 2.39. The second kappa shape index (κ2) is 10.6. The molecule has 9 heteroatoms. The van der Waals surface area contributed by atoms with Crippen LogP contribution in [0.4, 0.5) is 18.9 Å². The quantitative estimate of drug-likeness (QED) is 0.396. The Kier molecular flexibility index (Phi) is 7.97. The van der Waals surface area contributed by atoms with Crippen molar-refractivity contribution in [3.05, 3.63) is 47.5 Å². The van der Waals surface area contributed by atoms with Gasteiger partial charge in [-0.05, 0) is 49.3 Å². The van der Waals surface area contributed by atoms with E-state index in [9.17, 15) is 33.4 Å². The number of rotatable bonds is 8. The zero-order chi connectivity index (χ0) is 25.0. The van der Waals surface area contributed by atoms with Crippen molar-refractivity contribution < 1.29 is 33.3 Å². The van der Waals surface area contributed by atoms with Gasteiger partial charge in [0.1, 0.15) is 17.7 Å². The number of fused-ring (bicyclic) bond motifs is 1. The molecule has 2 aromatic carbocycles. The fourth-order valence-electron chi connectivity index (χ4n) is 4.38. The minimum atomic E-state index is -4.98. The van der Waals surface area contributed by atoms with E-state index in [1.807, 2.05) is 12.1 Å². The smallest absolute Gasteiger partial charge is 0.394 e. The monoisotopic (exact) mass is 476 g/mol. The summed E-state index contributed by atoms with van der Waals surface area (Å²) in [6.07, 6.45) is -7.04. The van der Waals surface area contributed by atoms with Crippen molar-refractivity contribution >= 4 is 27.8 Å². The number of carbonyl (C=O) groups excluding carboxylic acids is 1. The van der Waals surface area contributed by atoms with Crippen LogP contribution in [-0.4, -0.2) is 58.7 Å². The van der Waals surface area contributed by atoms with E-state index in [2.05, 4.69) is 11.8 Å². The standard InChI is InChI=1S/C25H27F3N2O4/c1-15-4-3-11-30(15)20-6-2-5-16-7-8-17(12-18(16)20)24(25(26,27)28)19(13-29)21(32)9-10-22(33)23(34)14-31/h2,5-8,12,15,22-23,31,33-34H,3-4,9-11,14H2,1H3/b24-19-. The number of nitriles is 1. The second-order valence-electron chi connectivity index (χ2n) is 8.54. The maximum atomic E-state index is 14.2. The lowest BCUT2D eigenvalue weighted by Crippen LogP contribution is -2.30. The molecule has 3 rings (SSSR count). The maximum absolute atomic E-state index is 14.2. The van der Waals surface area contributed by atoms with Gasteiger partial charge < -0.3 is 20.2 Å². The predicted molar refractivity (Wildman–Crippen MR) is 122 cm³/mol. The van der Waals surface area contributed by atoms with Crippen LogP contribution in [0, 0.1) is 11.3 Å². The van der Waals surface area contributed by atoms with Crippen LogP contribution in [0.1, 0.15) is 38.2 Å². The molecule has 0 aromatic heterocycles. The van der Waals surface area contributed by atoms with Crippen LogP contribution in [0.2, 0.25) is 0 Å². The van der Waals surface area contributed by atoms with Crippen molar-refractivity contribution in [2.24, 2.45) is 0 Å². The fourth-order valence-corrected chi connectivity index (χ4v) is 4.38. The molecule has 1 aliphatic heterocycles. The molecule has 3 unspecified atom stereocenters. The fraction of sp³-hybridized carbons (Fsp3) is 0.440. The number of benzene rings is 2. The molecule has 1 aliphatic rings. The molecular formula is C25H27F3N2O4. The molecule has 0 bridgehead atoms. The average molecular weight is 476 g/mol. The zero-order valence-electron chi connectivity index (χ0n) is 18.7. The Morgan fingerprint density at radius 3 is 2.56 bits per heavy atom. The van der Waals surface area contributed by atoms with E-state index in [-0.39, 0.29) is 11.6 Å². The number of ketones is 1. The molecule has 6 nitrogen and oxygen atoms in total. The Hall–Kier alpha value is -2.93. The van der Waals surface area contributed by atoms with Gasteiger partial charge in [0, 0.05) is 30.1 Å². The van der Waals surface area contributed by atoms with Crippen LogP contribution in [0.3, 0.4) is 0 Å². The largest absolute Gasteiger partial charge is 0.418 e. The number of carbonyl (C=O) groups is 1. The van der Waals surface area contributed by atoms with Crippen molar-refractivity contribution in [2.75, 3.05) is 18.1 Å². The summed E-state index contributed by atoms with van der Waals surface area (Å²) in [5.74, 6) is -1.10. The topological polar surface area (TPSA) is 105 Å². The van der Waals surface area contributed by atoms with E-state index in [0.29, 0.717) is 5.39 Å². The minimum absolute atomic E-state index is 0.240. The molecule has 0 amide bonds. The van der Waals surface area contributed by atoms with Gasteiger partial charge in [-0.3, -0.25) is 4.79 Å². The van der Waals surface area contributed by atoms with Gasteiger partial charge in [-0.1, -0.05) is 24.3 Å². The summed E-state index contributed by atoms with van der Waals surface area (Å²) in [5.41, 5.74) is -1.87. The molecule has 34 heavy (non-hydrogen) atoms. The van der Waals surface area contributed by atoms with Gasteiger partial charge >= 0.3 is 6.18 Å². The number of hydrogen-bond acceptors (Lipinski definition) is 6. The number of anilines is 1. The van der Waals surface area contributed by atoms with Gasteiger partial charge in [0.25, 0.3) is 0 Å². The molecule has 1 heterocycles. The number of halogens is 3. The van der Waals surface area contributed by atoms with E-state index < -0.39 is 54.8 Å². The molecule has 0 aliphatic carbocycles. The summed E-state index contributed by atoms with van der Waals surface area (Å²) >= 11 is 0. The van der Waals surface area contributed by atoms with Crippen LogP contribution in [0.25, 0.3) is 16.3 Å². The Balaban J connectivity index is 2.08. The van der Waals surface area contributed by atoms with E-state index in [1.54, 1.807) is 12.1 Å². The third-order valence-corrected chi connectivity index (χ3v) is 6.23. The number of hydrogen-bond donors (Lipinski definition) is 3. The first kappa shape index (κ1) is 25.7. The lowest BCUT2D eigenvalue weighted by molar-refractivity contribution is -0.116. The molecular weight excluding hydrogens is 449 g/mol. The van der Waals surface area contributed by atoms with Crippen LogP contribution < -0.4 is 4.90 Å². The van der Waals surface area contributed by atoms with Gasteiger partial charge in [-0.2, -0.15) is 18.4 Å². The van der Waals surface area contributed by atoms with Crippen molar-refractivity contribution in [1.29, 1.82) is 5.26 Å². The average Bonchev–Trinajstić information content (AvgIpc) is 3.24. The Morgan fingerprint density at radius 2 is 1.97 bits per heavy atom. The predicted octanol–water partition coefficient (Wildman–Crippen LogP) is 3.73. The van der Waals surface area contributed by atoms with E-state index in [1.165, 1.54) is 18.2 Å². The highest BCUT2D eigenvalue weighted by molar-refractivity contribution is 6.08. The van der Waals surface area contributed by atoms with Crippen molar-refractivity contribution in [2.45, 2.75) is 57.0 Å². The summed E-state index contributed by atoms with van der Waals surface area (Å²) in [4.78, 5) is 14.7. The molecule has 0 radical (unpaired) electrons. The highest BCUT2D eigenvalue weighted by atomic mass is 19.4. The molecule has 1 saturated heterocycles. The molecule has 1 fully saturated rings. The lowest BCUT2D eigenvalue weighted by atomic mass is 9.92. The molecule has 2 aromatic rings. The minimum Gasteiger partial charge on any atom is -0.394 e. The summed E-state index contributed by atoms with van der Waals surface area (Å²) in [7, 11) is 0. The first-order chi connectivity index (χ1) is 16.1. The number of aliphatic hydroxyl groups is 3. The van der Waals surface area contributed by atoms with Gasteiger partial charge in [-0.15, -0.1) is 0 Å². The Morgan fingerprint density at radius 1 is 1.24 bits per heavy atom. The lowest BCUT2D eigenvalue weighted by Gasteiger charge is -2.26. The van der Waals surface area contributed by atoms with Crippen molar-refractivity contribution in [3.63, 3.8) is 0 Å². The van der Waals surface area contributed by atoms with E-state index >= 15 is 0 Å². The summed E-state index contributed by atoms with van der Waals surface area (Å²) < 4.78 is 42.5. The Bertz CT molecular complexity index is 1120. The van der Waals surface area contributed by atoms with Gasteiger partial charge in [0.05, 0.1) is 18.3 Å². The van der Waals surface area contributed by atoms with E-state index in [4.69, 9.17) is 5.11 Å². The third-order valence-electron chi connectivity index (χ3n) is 6.23. The maximum Gasteiger partial charge on any atom is 0.418 e. The first-order valence-electron chi connectivity index (χ1n) is 11.1. The zero-order valence-corrected chi connectivity index (χ0v) is 18.7. The number of allylic oxidation sites excluding steroid dienone is 2. The first-order valence-corrected chi connectivity index (χ1v) is 11.1. The van der Waals surface area contributed by atoms with Crippen LogP contribution >= 0.6 is 0 Å². The molecule has 0 spiro atoms. The number of Topliss-reactive ketones (excluding diaryl/α,β-unsaturated/α-hetero) is 1. The van der Waals surface area contributed by atoms with Gasteiger partial charge in [-0.25, -0.2) is 0 Å². The molecule has 182 valence electrons.